The van der Waals surface area contributed by atoms with E-state index in [9.17, 15) is 0 Å². The lowest BCUT2D eigenvalue weighted by Crippen LogP contribution is -2.05. The molecule has 1 aliphatic carbocycles. The molecule has 1 aliphatic rings. The molecule has 0 aromatic heterocycles. The van der Waals surface area contributed by atoms with Crippen LogP contribution in [0, 0.1) is 5.92 Å². The Morgan fingerprint density at radius 3 is 2.40 bits per heavy atom. The topological polar surface area (TPSA) is 0 Å². The van der Waals surface area contributed by atoms with Crippen LogP contribution >= 0.6 is 12.6 Å². The maximum Gasteiger partial charge on any atom is -0.0104 e. The highest BCUT2D eigenvalue weighted by Crippen LogP contribution is 2.32. The van der Waals surface area contributed by atoms with Crippen molar-refractivity contribution in [2.75, 3.05) is 0 Å². The molecule has 80 valence electrons. The molecule has 1 aromatic carbocycles. The van der Waals surface area contributed by atoms with Crippen molar-refractivity contribution < 1.29 is 0 Å². The van der Waals surface area contributed by atoms with Crippen molar-refractivity contribution >= 4 is 18.7 Å². The molecule has 0 N–H and O–H groups in total. The van der Waals surface area contributed by atoms with Gasteiger partial charge in [0.2, 0.25) is 0 Å². The molecule has 1 heteroatoms. The first-order chi connectivity index (χ1) is 7.36. The molecule has 0 radical (unpaired) electrons. The second-order valence-corrected chi connectivity index (χ2v) is 4.83. The molecular weight excluding hydrogens is 200 g/mol. The monoisotopic (exact) mass is 218 g/mol. The van der Waals surface area contributed by atoms with E-state index in [-0.39, 0.29) is 0 Å². The maximum atomic E-state index is 4.65. The van der Waals surface area contributed by atoms with Crippen molar-refractivity contribution in [2.45, 2.75) is 32.1 Å². The first kappa shape index (κ1) is 10.8. The van der Waals surface area contributed by atoms with Crippen molar-refractivity contribution in [3.05, 3.63) is 40.8 Å². The van der Waals surface area contributed by atoms with E-state index in [1.807, 2.05) is 0 Å². The van der Waals surface area contributed by atoms with E-state index in [1.165, 1.54) is 42.6 Å². The van der Waals surface area contributed by atoms with Crippen LogP contribution < -0.4 is 0 Å². The standard InChI is InChI=1S/C14H18S/c15-14(13-9-5-2-6-10-13)11-12-7-3-1-4-8-12/h1,3-4,7-8,11,13,15H,2,5-6,9-10H2. The van der Waals surface area contributed by atoms with Crippen molar-refractivity contribution in [1.29, 1.82) is 0 Å². The first-order valence-electron chi connectivity index (χ1n) is 5.82. The van der Waals surface area contributed by atoms with Crippen LogP contribution in [-0.2, 0) is 0 Å². The molecule has 0 aliphatic heterocycles. The van der Waals surface area contributed by atoms with Crippen LogP contribution in [0.5, 0.6) is 0 Å². The van der Waals surface area contributed by atoms with Gasteiger partial charge < -0.3 is 0 Å². The molecule has 0 bridgehead atoms. The van der Waals surface area contributed by atoms with Gasteiger partial charge in [0, 0.05) is 0 Å². The lowest BCUT2D eigenvalue weighted by Gasteiger charge is -2.21. The second kappa shape index (κ2) is 5.41. The average Bonchev–Trinajstić information content (AvgIpc) is 2.31. The van der Waals surface area contributed by atoms with Gasteiger partial charge in [-0.2, -0.15) is 0 Å². The third-order valence-electron chi connectivity index (χ3n) is 3.14. The first-order valence-corrected chi connectivity index (χ1v) is 6.26. The van der Waals surface area contributed by atoms with Crippen molar-refractivity contribution in [3.8, 4) is 0 Å². The Morgan fingerprint density at radius 1 is 1.07 bits per heavy atom. The molecule has 0 saturated heterocycles. The Bertz CT molecular complexity index is 320. The Morgan fingerprint density at radius 2 is 1.73 bits per heavy atom. The molecular formula is C14H18S. The van der Waals surface area contributed by atoms with Crippen LogP contribution in [0.4, 0.5) is 0 Å². The van der Waals surface area contributed by atoms with Crippen molar-refractivity contribution in [2.24, 2.45) is 5.92 Å². The Balaban J connectivity index is 2.06. The minimum atomic E-state index is 0.710. The van der Waals surface area contributed by atoms with E-state index in [0.29, 0.717) is 5.92 Å². The van der Waals surface area contributed by atoms with Gasteiger partial charge >= 0.3 is 0 Å². The highest BCUT2D eigenvalue weighted by Gasteiger charge is 2.15. The van der Waals surface area contributed by atoms with Gasteiger partial charge in [-0.1, -0.05) is 49.6 Å². The molecule has 0 atom stereocenters. The summed E-state index contributed by atoms with van der Waals surface area (Å²) in [5, 5.41) is 0. The van der Waals surface area contributed by atoms with Gasteiger partial charge in [-0.3, -0.25) is 0 Å². The lowest BCUT2D eigenvalue weighted by atomic mass is 9.88. The number of allylic oxidation sites excluding steroid dienone is 1. The van der Waals surface area contributed by atoms with E-state index in [4.69, 9.17) is 0 Å². The molecule has 1 fully saturated rings. The summed E-state index contributed by atoms with van der Waals surface area (Å²) in [5.74, 6) is 0.710. The Kier molecular flexibility index (Phi) is 3.90. The van der Waals surface area contributed by atoms with Gasteiger partial charge in [-0.25, -0.2) is 0 Å². The molecule has 0 nitrogen and oxygen atoms in total. The fourth-order valence-electron chi connectivity index (χ4n) is 2.24. The van der Waals surface area contributed by atoms with Crippen LogP contribution in [0.25, 0.3) is 6.08 Å². The van der Waals surface area contributed by atoms with E-state index in [0.717, 1.165) is 0 Å². The maximum absolute atomic E-state index is 4.65. The minimum absolute atomic E-state index is 0.710. The normalized spacial score (nSPS) is 19.1. The predicted octanol–water partition coefficient (Wildman–Crippen LogP) is 4.54. The highest BCUT2D eigenvalue weighted by atomic mass is 32.1. The number of thiol groups is 1. The fraction of sp³-hybridized carbons (Fsp3) is 0.429. The second-order valence-electron chi connectivity index (χ2n) is 4.31. The predicted molar refractivity (Wildman–Crippen MR) is 70.0 cm³/mol. The van der Waals surface area contributed by atoms with Gasteiger partial charge in [-0.05, 0) is 35.3 Å². The number of rotatable bonds is 2. The zero-order chi connectivity index (χ0) is 10.5. The summed E-state index contributed by atoms with van der Waals surface area (Å²) in [7, 11) is 0. The van der Waals surface area contributed by atoms with E-state index >= 15 is 0 Å². The van der Waals surface area contributed by atoms with Gasteiger partial charge in [0.05, 0.1) is 0 Å². The van der Waals surface area contributed by atoms with Crippen molar-refractivity contribution in [3.63, 3.8) is 0 Å². The summed E-state index contributed by atoms with van der Waals surface area (Å²) >= 11 is 4.65. The zero-order valence-electron chi connectivity index (χ0n) is 9.02. The quantitative estimate of drug-likeness (QED) is 0.692. The van der Waals surface area contributed by atoms with Crippen LogP contribution in [0.15, 0.2) is 35.2 Å². The molecule has 15 heavy (non-hydrogen) atoms. The third-order valence-corrected chi connectivity index (χ3v) is 3.63. The number of hydrogen-bond donors (Lipinski definition) is 1. The van der Waals surface area contributed by atoms with E-state index < -0.39 is 0 Å². The van der Waals surface area contributed by atoms with Crippen LogP contribution in [0.1, 0.15) is 37.7 Å². The van der Waals surface area contributed by atoms with Crippen LogP contribution in [0.2, 0.25) is 0 Å². The summed E-state index contributed by atoms with van der Waals surface area (Å²) in [4.78, 5) is 1.26. The number of benzene rings is 1. The third kappa shape index (κ3) is 3.13. The van der Waals surface area contributed by atoms with Crippen LogP contribution in [-0.4, -0.2) is 0 Å². The Hall–Kier alpha value is -0.690. The summed E-state index contributed by atoms with van der Waals surface area (Å²) in [5.41, 5.74) is 1.27. The molecule has 0 heterocycles. The van der Waals surface area contributed by atoms with Gasteiger partial charge in [-0.15, -0.1) is 12.6 Å². The fourth-order valence-corrected chi connectivity index (χ4v) is 2.64. The highest BCUT2D eigenvalue weighted by molar-refractivity contribution is 7.84. The van der Waals surface area contributed by atoms with Crippen LogP contribution in [0.3, 0.4) is 0 Å². The van der Waals surface area contributed by atoms with Gasteiger partial charge in [0.25, 0.3) is 0 Å². The average molecular weight is 218 g/mol. The summed E-state index contributed by atoms with van der Waals surface area (Å²) in [6.07, 6.45) is 9.01. The SMILES string of the molecule is SC(=Cc1ccccc1)C1CCCCC1. The smallest absolute Gasteiger partial charge is 0.0104 e. The molecule has 1 saturated carbocycles. The van der Waals surface area contributed by atoms with E-state index in [2.05, 4.69) is 49.0 Å². The van der Waals surface area contributed by atoms with E-state index in [1.54, 1.807) is 0 Å². The van der Waals surface area contributed by atoms with Gasteiger partial charge in [0.15, 0.2) is 0 Å². The minimum Gasteiger partial charge on any atom is -0.148 e. The molecule has 0 amide bonds. The number of hydrogen-bond acceptors (Lipinski definition) is 1. The Labute approximate surface area is 97.8 Å². The zero-order valence-corrected chi connectivity index (χ0v) is 9.92. The molecule has 2 rings (SSSR count). The van der Waals surface area contributed by atoms with Gasteiger partial charge in [0.1, 0.15) is 0 Å². The molecule has 0 unspecified atom stereocenters. The van der Waals surface area contributed by atoms with Crippen molar-refractivity contribution in [1.82, 2.24) is 0 Å². The molecule has 0 spiro atoms. The summed E-state index contributed by atoms with van der Waals surface area (Å²) in [6, 6.07) is 10.5. The molecule has 1 aromatic rings. The summed E-state index contributed by atoms with van der Waals surface area (Å²) in [6.45, 7) is 0. The largest absolute Gasteiger partial charge is 0.148 e. The lowest BCUT2D eigenvalue weighted by molar-refractivity contribution is 0.416. The summed E-state index contributed by atoms with van der Waals surface area (Å²) < 4.78 is 0.